The second-order valence-corrected chi connectivity index (χ2v) is 20.1. The molecule has 0 fully saturated rings. The number of carbonyl (C=O) groups excluding carboxylic acids is 9. The van der Waals surface area contributed by atoms with Crippen molar-refractivity contribution in [2.45, 2.75) is 135 Å². The van der Waals surface area contributed by atoms with Crippen LogP contribution in [0.3, 0.4) is 0 Å². The van der Waals surface area contributed by atoms with Gasteiger partial charge in [-0.1, -0.05) is 59.7 Å². The van der Waals surface area contributed by atoms with Gasteiger partial charge in [0.2, 0.25) is 53.2 Å². The van der Waals surface area contributed by atoms with Crippen LogP contribution in [0, 0.1) is 17.8 Å². The minimum Gasteiger partial charge on any atom is -0.481 e. The highest BCUT2D eigenvalue weighted by atomic mass is 32.2. The minimum absolute atomic E-state index is 0.00817. The fourth-order valence-electron chi connectivity index (χ4n) is 7.24. The van der Waals surface area contributed by atoms with Crippen molar-refractivity contribution in [1.29, 1.82) is 0 Å². The Hall–Kier alpha value is -6.41. The zero-order chi connectivity index (χ0) is 55.1. The lowest BCUT2D eigenvalue weighted by atomic mass is 10.0. The van der Waals surface area contributed by atoms with Gasteiger partial charge in [0.25, 0.3) is 0 Å². The Morgan fingerprint density at radius 1 is 0.644 bits per heavy atom. The van der Waals surface area contributed by atoms with Crippen molar-refractivity contribution in [1.82, 2.24) is 47.5 Å². The predicted molar refractivity (Wildman–Crippen MR) is 275 cm³/mol. The van der Waals surface area contributed by atoms with Crippen LogP contribution < -0.4 is 54.0 Å². The minimum atomic E-state index is -1.62. The van der Waals surface area contributed by atoms with Gasteiger partial charge < -0.3 is 69.2 Å². The Morgan fingerprint density at radius 3 is 1.71 bits per heavy atom. The molecule has 0 aliphatic carbocycles. The van der Waals surface area contributed by atoms with Gasteiger partial charge >= 0.3 is 11.9 Å². The lowest BCUT2D eigenvalue weighted by molar-refractivity contribution is -0.143. The standard InChI is InChI=1S/C47H73N11O13S2/c1-23(2)16-31(43(66)53-30(14-15-73-7)42(65)56-33(19-36(48)59)44(67)57-34(47(70)71)17-24(3)4)54-41(64)29(12-13-38(61)62)52-37(60)21-51-40(63)32(18-26-20-50-28-11-9-8-10-27(26)28)55-45(68)35(22-72)58-46(69)39(49)25(5)6/h8-11,20,23-25,29-35,39,50,72H,12-19,21-22,49H2,1-7H3,(H2,48,59)(H,51,63)(H,52,60)(H,53,66)(H,54,64)(H,55,68)(H,56,65)(H,57,67)(H,58,69)(H,61,62)(H,70,71)/t29-,30-,31-,32-,33-,34-,35-,39-/m0/s1. The molecule has 1 aromatic heterocycles. The van der Waals surface area contributed by atoms with Gasteiger partial charge in [0.05, 0.1) is 19.0 Å². The van der Waals surface area contributed by atoms with Gasteiger partial charge in [-0.15, -0.1) is 0 Å². The van der Waals surface area contributed by atoms with E-state index < -0.39 is 139 Å². The van der Waals surface area contributed by atoms with Gasteiger partial charge in [-0.25, -0.2) is 4.79 Å². The molecule has 9 amide bonds. The Kier molecular flexibility index (Phi) is 26.8. The van der Waals surface area contributed by atoms with E-state index in [-0.39, 0.29) is 49.2 Å². The van der Waals surface area contributed by atoms with Crippen molar-refractivity contribution >= 4 is 100 Å². The molecule has 73 heavy (non-hydrogen) atoms. The van der Waals surface area contributed by atoms with Gasteiger partial charge in [0.1, 0.15) is 42.3 Å². The summed E-state index contributed by atoms with van der Waals surface area (Å²) in [4.78, 5) is 147. The van der Waals surface area contributed by atoms with E-state index in [1.807, 2.05) is 6.07 Å². The van der Waals surface area contributed by atoms with Gasteiger partial charge in [-0.2, -0.15) is 24.4 Å². The summed E-state index contributed by atoms with van der Waals surface area (Å²) >= 11 is 5.53. The maximum Gasteiger partial charge on any atom is 0.326 e. The summed E-state index contributed by atoms with van der Waals surface area (Å²) in [5.74, 6) is -11.1. The monoisotopic (exact) mass is 1060 g/mol. The summed E-state index contributed by atoms with van der Waals surface area (Å²) in [6, 6.07) is -3.55. The number of fused-ring (bicyclic) bond motifs is 1. The number of amides is 9. The molecular weight excluding hydrogens is 991 g/mol. The first kappa shape index (κ1) is 62.7. The number of H-pyrrole nitrogens is 1. The zero-order valence-corrected chi connectivity index (χ0v) is 43.9. The number of para-hydroxylation sites is 1. The average Bonchev–Trinajstić information content (AvgIpc) is 3.72. The molecule has 0 aliphatic heterocycles. The van der Waals surface area contributed by atoms with Crippen molar-refractivity contribution in [2.24, 2.45) is 29.2 Å². The van der Waals surface area contributed by atoms with Crippen LogP contribution in [0.15, 0.2) is 30.5 Å². The van der Waals surface area contributed by atoms with Crippen LogP contribution in [0.4, 0.5) is 0 Å². The van der Waals surface area contributed by atoms with Crippen molar-refractivity contribution in [2.75, 3.05) is 24.3 Å². The highest BCUT2D eigenvalue weighted by Gasteiger charge is 2.35. The quantitative estimate of drug-likeness (QED) is 0.0374. The Morgan fingerprint density at radius 2 is 1.15 bits per heavy atom. The molecule has 2 aromatic rings. The molecule has 1 heterocycles. The molecule has 0 saturated heterocycles. The first-order valence-corrected chi connectivity index (χ1v) is 25.8. The number of thiol groups is 1. The van der Waals surface area contributed by atoms with Crippen LogP contribution in [0.25, 0.3) is 10.9 Å². The fraction of sp³-hybridized carbons (Fsp3) is 0.596. The third kappa shape index (κ3) is 22.1. The van der Waals surface area contributed by atoms with E-state index >= 15 is 0 Å². The number of benzene rings is 1. The lowest BCUT2D eigenvalue weighted by Crippen LogP contribution is -2.60. The number of aliphatic carboxylic acids is 2. The van der Waals surface area contributed by atoms with Crippen molar-refractivity contribution in [3.63, 3.8) is 0 Å². The molecule has 0 saturated carbocycles. The molecule has 0 radical (unpaired) electrons. The molecule has 0 spiro atoms. The first-order valence-electron chi connectivity index (χ1n) is 23.8. The van der Waals surface area contributed by atoms with Gasteiger partial charge in [0, 0.05) is 35.7 Å². The third-order valence-corrected chi connectivity index (χ3v) is 12.2. The maximum absolute atomic E-state index is 14.0. The zero-order valence-electron chi connectivity index (χ0n) is 42.2. The van der Waals surface area contributed by atoms with E-state index in [0.717, 1.165) is 10.9 Å². The summed E-state index contributed by atoms with van der Waals surface area (Å²) in [6.07, 6.45) is 1.53. The van der Waals surface area contributed by atoms with E-state index in [4.69, 9.17) is 11.5 Å². The molecular formula is C47H73N11O13S2. The number of carbonyl (C=O) groups is 11. The smallest absolute Gasteiger partial charge is 0.326 e. The normalized spacial score (nSPS) is 14.6. The van der Waals surface area contributed by atoms with Crippen LogP contribution >= 0.6 is 24.4 Å². The van der Waals surface area contributed by atoms with E-state index in [2.05, 4.69) is 60.1 Å². The molecule has 1 aromatic carbocycles. The Bertz CT molecular complexity index is 2260. The average molecular weight is 1060 g/mol. The highest BCUT2D eigenvalue weighted by molar-refractivity contribution is 7.98. The molecule has 0 aliphatic rings. The molecule has 8 atom stereocenters. The Balaban J connectivity index is 2.33. The fourth-order valence-corrected chi connectivity index (χ4v) is 7.97. The summed E-state index contributed by atoms with van der Waals surface area (Å²) in [5, 5.41) is 39.8. The number of nitrogens with one attached hydrogen (secondary N) is 9. The molecule has 406 valence electrons. The van der Waals surface area contributed by atoms with Crippen LogP contribution in [0.1, 0.15) is 85.6 Å². The number of primary amides is 1. The topological polar surface area (TPSA) is 392 Å². The molecule has 24 nitrogen and oxygen atoms in total. The van der Waals surface area contributed by atoms with E-state index in [9.17, 15) is 63.0 Å². The van der Waals surface area contributed by atoms with Crippen molar-refractivity contribution in [3.8, 4) is 0 Å². The van der Waals surface area contributed by atoms with Gasteiger partial charge in [0.15, 0.2) is 0 Å². The van der Waals surface area contributed by atoms with Crippen molar-refractivity contribution < 1.29 is 63.0 Å². The second kappa shape index (κ2) is 31.2. The van der Waals surface area contributed by atoms with Crippen LogP contribution in [-0.2, 0) is 59.2 Å². The number of rotatable bonds is 33. The number of carboxylic acid groups (broad SMARTS) is 2. The molecule has 0 bridgehead atoms. The number of hydrogen-bond donors (Lipinski definition) is 14. The van der Waals surface area contributed by atoms with Crippen molar-refractivity contribution in [3.05, 3.63) is 36.0 Å². The number of aromatic nitrogens is 1. The number of aromatic amines is 1. The van der Waals surface area contributed by atoms with Gasteiger partial charge in [-0.05, 0) is 67.1 Å². The maximum atomic E-state index is 14.0. The third-order valence-electron chi connectivity index (χ3n) is 11.2. The summed E-state index contributed by atoms with van der Waals surface area (Å²) < 4.78 is 0. The number of thioether (sulfide) groups is 1. The lowest BCUT2D eigenvalue weighted by Gasteiger charge is -2.27. The largest absolute Gasteiger partial charge is 0.481 e. The predicted octanol–water partition coefficient (Wildman–Crippen LogP) is -1.20. The van der Waals surface area contributed by atoms with E-state index in [1.165, 1.54) is 11.8 Å². The summed E-state index contributed by atoms with van der Waals surface area (Å²) in [7, 11) is 0. The van der Waals surface area contributed by atoms with Crippen LogP contribution in [0.5, 0.6) is 0 Å². The molecule has 15 N–H and O–H groups in total. The molecule has 2 rings (SSSR count). The van der Waals surface area contributed by atoms with E-state index in [0.29, 0.717) is 11.3 Å². The molecule has 0 unspecified atom stereocenters. The molecule has 26 heteroatoms. The number of hydrogen-bond acceptors (Lipinski definition) is 14. The SMILES string of the molecule is CSCC[C@H](NC(=O)[C@H](CC(C)C)NC(=O)[C@H](CCC(=O)O)NC(=O)CNC(=O)[C@H](Cc1c[nH]c2ccccc12)NC(=O)[C@H](CS)NC(=O)[C@@H](N)C(C)C)C(=O)N[C@@H](CC(N)=O)C(=O)N[C@@H](CC(C)C)C(=O)O. The summed E-state index contributed by atoms with van der Waals surface area (Å²) in [5.41, 5.74) is 12.7. The second-order valence-electron chi connectivity index (χ2n) is 18.7. The Labute approximate surface area is 433 Å². The first-order chi connectivity index (χ1) is 34.3. The summed E-state index contributed by atoms with van der Waals surface area (Å²) in [6.45, 7) is 9.63. The highest BCUT2D eigenvalue weighted by Crippen LogP contribution is 2.20. The van der Waals surface area contributed by atoms with Crippen LogP contribution in [0.2, 0.25) is 0 Å². The number of carboxylic acids is 2. The number of nitrogens with two attached hydrogens (primary N) is 2. The van der Waals surface area contributed by atoms with E-state index in [1.54, 1.807) is 72.2 Å². The van der Waals surface area contributed by atoms with Crippen LogP contribution in [-0.4, -0.2) is 153 Å². The van der Waals surface area contributed by atoms with Gasteiger partial charge in [-0.3, -0.25) is 47.9 Å².